The molecule has 0 radical (unpaired) electrons. The first kappa shape index (κ1) is 23.5. The summed E-state index contributed by atoms with van der Waals surface area (Å²) in [6, 6.07) is 2.28. The number of aryl methyl sites for hydroxylation is 1. The Kier molecular flexibility index (Phi) is 6.69. The number of nitrogens with one attached hydrogen (secondary N) is 1. The molecular weight excluding hydrogens is 436 g/mol. The number of terminal acetylenes is 1. The molecule has 0 saturated carbocycles. The Balaban J connectivity index is 1.94. The van der Waals surface area contributed by atoms with Gasteiger partial charge in [0.1, 0.15) is 5.69 Å². The van der Waals surface area contributed by atoms with Crippen molar-refractivity contribution in [3.05, 3.63) is 46.9 Å². The van der Waals surface area contributed by atoms with Crippen LogP contribution in [0.1, 0.15) is 42.5 Å². The molecule has 1 aromatic heterocycles. The molecule has 10 heteroatoms. The SMILES string of the molecule is C#CCOc1cnc(C(=O)Nc2cc(F)c(F)c([C@@]3(C)N=C(N)S[C@@H](C)C3C)c2)c(C)n1. The highest BCUT2D eigenvalue weighted by Gasteiger charge is 2.42. The molecule has 32 heavy (non-hydrogen) atoms. The van der Waals surface area contributed by atoms with E-state index in [1.54, 1.807) is 13.8 Å². The van der Waals surface area contributed by atoms with Crippen molar-refractivity contribution < 1.29 is 18.3 Å². The zero-order valence-electron chi connectivity index (χ0n) is 18.1. The van der Waals surface area contributed by atoms with E-state index in [9.17, 15) is 13.6 Å². The van der Waals surface area contributed by atoms with E-state index < -0.39 is 23.1 Å². The monoisotopic (exact) mass is 459 g/mol. The maximum absolute atomic E-state index is 14.9. The molecule has 1 aromatic carbocycles. The van der Waals surface area contributed by atoms with Gasteiger partial charge in [-0.1, -0.05) is 31.5 Å². The van der Waals surface area contributed by atoms with Crippen LogP contribution in [0.15, 0.2) is 23.3 Å². The van der Waals surface area contributed by atoms with E-state index in [-0.39, 0.29) is 46.3 Å². The van der Waals surface area contributed by atoms with Crippen LogP contribution in [-0.4, -0.2) is 32.9 Å². The predicted octanol–water partition coefficient (Wildman–Crippen LogP) is 3.63. The third-order valence-corrected chi connectivity index (χ3v) is 6.63. The number of amides is 1. The number of carbonyl (C=O) groups is 1. The lowest BCUT2D eigenvalue weighted by Gasteiger charge is -2.40. The minimum absolute atomic E-state index is 0.00822. The number of nitrogens with zero attached hydrogens (tertiary/aromatic N) is 3. The lowest BCUT2D eigenvalue weighted by Crippen LogP contribution is -2.41. The highest BCUT2D eigenvalue weighted by Crippen LogP contribution is 2.45. The number of amidine groups is 1. The van der Waals surface area contributed by atoms with Gasteiger partial charge >= 0.3 is 0 Å². The number of rotatable bonds is 5. The van der Waals surface area contributed by atoms with Gasteiger partial charge in [-0.3, -0.25) is 9.79 Å². The number of carbonyl (C=O) groups excluding carboxylic acids is 1. The summed E-state index contributed by atoms with van der Waals surface area (Å²) in [6.45, 7) is 7.14. The number of hydrogen-bond acceptors (Lipinski definition) is 7. The lowest BCUT2D eigenvalue weighted by atomic mass is 9.78. The molecule has 2 heterocycles. The number of aliphatic imine (C=N–C) groups is 1. The topological polar surface area (TPSA) is 102 Å². The molecule has 0 fully saturated rings. The molecule has 1 aliphatic rings. The van der Waals surface area contributed by atoms with Gasteiger partial charge < -0.3 is 15.8 Å². The van der Waals surface area contributed by atoms with Crippen molar-refractivity contribution in [2.45, 2.75) is 38.5 Å². The maximum atomic E-state index is 14.9. The molecule has 1 amide bonds. The highest BCUT2D eigenvalue weighted by atomic mass is 32.2. The van der Waals surface area contributed by atoms with E-state index in [4.69, 9.17) is 16.9 Å². The van der Waals surface area contributed by atoms with Crippen LogP contribution in [0.2, 0.25) is 0 Å². The zero-order chi connectivity index (χ0) is 23.6. The predicted molar refractivity (Wildman–Crippen MR) is 121 cm³/mol. The van der Waals surface area contributed by atoms with E-state index in [1.165, 1.54) is 24.0 Å². The average molecular weight is 460 g/mol. The molecule has 2 aromatic rings. The minimum atomic E-state index is -1.11. The minimum Gasteiger partial charge on any atom is -0.463 e. The Hall–Kier alpha value is -3.19. The lowest BCUT2D eigenvalue weighted by molar-refractivity contribution is 0.102. The number of ether oxygens (including phenoxy) is 1. The molecule has 0 bridgehead atoms. The number of aromatic nitrogens is 2. The number of halogens is 2. The van der Waals surface area contributed by atoms with Crippen LogP contribution in [0.4, 0.5) is 14.5 Å². The van der Waals surface area contributed by atoms with E-state index in [2.05, 4.69) is 26.2 Å². The second kappa shape index (κ2) is 9.12. The fourth-order valence-electron chi connectivity index (χ4n) is 3.50. The first-order valence-electron chi connectivity index (χ1n) is 9.79. The summed E-state index contributed by atoms with van der Waals surface area (Å²) in [5.41, 5.74) is 5.20. The summed E-state index contributed by atoms with van der Waals surface area (Å²) in [5, 5.41) is 2.89. The van der Waals surface area contributed by atoms with Crippen LogP contribution in [0.5, 0.6) is 5.88 Å². The normalized spacial score (nSPS) is 22.6. The van der Waals surface area contributed by atoms with Gasteiger partial charge in [0, 0.05) is 22.6 Å². The first-order chi connectivity index (χ1) is 15.1. The Morgan fingerprint density at radius 2 is 2.12 bits per heavy atom. The Labute approximate surface area is 189 Å². The number of hydrogen-bond donors (Lipinski definition) is 2. The zero-order valence-corrected chi connectivity index (χ0v) is 18.9. The average Bonchev–Trinajstić information content (AvgIpc) is 2.72. The number of thioether (sulfide) groups is 1. The smallest absolute Gasteiger partial charge is 0.276 e. The van der Waals surface area contributed by atoms with Crippen molar-refractivity contribution in [3.63, 3.8) is 0 Å². The summed E-state index contributed by atoms with van der Waals surface area (Å²) in [5.74, 6) is -0.438. The van der Waals surface area contributed by atoms with Crippen LogP contribution < -0.4 is 15.8 Å². The third kappa shape index (κ3) is 4.53. The summed E-state index contributed by atoms with van der Waals surface area (Å²) < 4.78 is 34.6. The van der Waals surface area contributed by atoms with Gasteiger partial charge in [-0.25, -0.2) is 18.7 Å². The van der Waals surface area contributed by atoms with Gasteiger partial charge in [0.25, 0.3) is 5.91 Å². The Morgan fingerprint density at radius 3 is 2.78 bits per heavy atom. The standard InChI is InChI=1S/C22H23F2N5O2S/c1-6-7-31-17-10-26-19(12(3)27-17)20(30)28-14-8-15(18(24)16(23)9-14)22(5)11(2)13(4)32-21(25)29-22/h1,8-11,13H,7H2,2-5H3,(H2,25,29)(H,28,30)/t11?,13-,22-/m0/s1. The second-order valence-corrected chi connectivity index (χ2v) is 9.02. The van der Waals surface area contributed by atoms with Crippen molar-refractivity contribution in [1.82, 2.24) is 9.97 Å². The van der Waals surface area contributed by atoms with Gasteiger partial charge in [-0.05, 0) is 25.8 Å². The van der Waals surface area contributed by atoms with E-state index in [0.717, 1.165) is 6.07 Å². The summed E-state index contributed by atoms with van der Waals surface area (Å²) >= 11 is 1.38. The summed E-state index contributed by atoms with van der Waals surface area (Å²) in [7, 11) is 0. The van der Waals surface area contributed by atoms with Crippen molar-refractivity contribution in [3.8, 4) is 18.2 Å². The number of benzene rings is 1. The van der Waals surface area contributed by atoms with Gasteiger partial charge in [-0.2, -0.15) is 0 Å². The molecule has 168 valence electrons. The summed E-state index contributed by atoms with van der Waals surface area (Å²) in [4.78, 5) is 25.3. The van der Waals surface area contributed by atoms with Gasteiger partial charge in [0.15, 0.2) is 23.4 Å². The van der Waals surface area contributed by atoms with Crippen molar-refractivity contribution in [2.24, 2.45) is 16.6 Å². The molecule has 3 N–H and O–H groups in total. The fraction of sp³-hybridized carbons (Fsp3) is 0.364. The van der Waals surface area contributed by atoms with Crippen LogP contribution in [0.25, 0.3) is 0 Å². The van der Waals surface area contributed by atoms with Gasteiger partial charge in [-0.15, -0.1) is 6.42 Å². The highest BCUT2D eigenvalue weighted by molar-refractivity contribution is 8.14. The van der Waals surface area contributed by atoms with Crippen molar-refractivity contribution in [1.29, 1.82) is 0 Å². The molecular formula is C22H23F2N5O2S. The fourth-order valence-corrected chi connectivity index (χ4v) is 4.59. The maximum Gasteiger partial charge on any atom is 0.276 e. The van der Waals surface area contributed by atoms with Crippen LogP contribution in [0, 0.1) is 36.8 Å². The van der Waals surface area contributed by atoms with Crippen molar-refractivity contribution in [2.75, 3.05) is 11.9 Å². The molecule has 7 nitrogen and oxygen atoms in total. The second-order valence-electron chi connectivity index (χ2n) is 7.62. The van der Waals surface area contributed by atoms with E-state index >= 15 is 0 Å². The number of nitrogens with two attached hydrogens (primary N) is 1. The first-order valence-corrected chi connectivity index (χ1v) is 10.7. The quantitative estimate of drug-likeness (QED) is 0.662. The Morgan fingerprint density at radius 1 is 1.41 bits per heavy atom. The molecule has 0 spiro atoms. The van der Waals surface area contributed by atoms with Crippen LogP contribution >= 0.6 is 11.8 Å². The summed E-state index contributed by atoms with van der Waals surface area (Å²) in [6.07, 6.45) is 6.40. The van der Waals surface area contributed by atoms with Crippen LogP contribution in [-0.2, 0) is 5.54 Å². The van der Waals surface area contributed by atoms with Gasteiger partial charge in [0.05, 0.1) is 17.4 Å². The number of anilines is 1. The van der Waals surface area contributed by atoms with Crippen molar-refractivity contribution >= 4 is 28.5 Å². The molecule has 3 rings (SSSR count). The van der Waals surface area contributed by atoms with Gasteiger partial charge in [0.2, 0.25) is 5.88 Å². The van der Waals surface area contributed by atoms with E-state index in [0.29, 0.717) is 5.17 Å². The third-order valence-electron chi connectivity index (χ3n) is 5.51. The Bertz CT molecular complexity index is 1130. The molecule has 0 saturated heterocycles. The van der Waals surface area contributed by atoms with E-state index in [1.807, 2.05) is 13.8 Å². The largest absolute Gasteiger partial charge is 0.463 e. The molecule has 1 aliphatic heterocycles. The van der Waals surface area contributed by atoms with Crippen LogP contribution in [0.3, 0.4) is 0 Å². The molecule has 1 unspecified atom stereocenters. The molecule has 3 atom stereocenters. The molecule has 0 aliphatic carbocycles.